The van der Waals surface area contributed by atoms with E-state index in [-0.39, 0.29) is 11.2 Å². The van der Waals surface area contributed by atoms with E-state index in [4.69, 9.17) is 0 Å². The molecule has 0 atom stereocenters. The SMILES string of the molecule is CC1(F)CCN(C(=O)c2cnc3c(ccn3-c3cncc(NS(=O)(=O)C4CC4)c3)c2)CC1. The number of pyridine rings is 2. The van der Waals surface area contributed by atoms with Crippen molar-refractivity contribution in [1.29, 1.82) is 0 Å². The van der Waals surface area contributed by atoms with Gasteiger partial charge in [0.2, 0.25) is 10.0 Å². The first-order valence-corrected chi connectivity index (χ1v) is 12.2. The minimum atomic E-state index is -3.38. The number of amides is 1. The van der Waals surface area contributed by atoms with Crippen molar-refractivity contribution in [3.8, 4) is 5.69 Å². The van der Waals surface area contributed by atoms with Crippen molar-refractivity contribution in [3.63, 3.8) is 0 Å². The van der Waals surface area contributed by atoms with Crippen molar-refractivity contribution in [3.05, 3.63) is 48.5 Å². The summed E-state index contributed by atoms with van der Waals surface area (Å²) < 4.78 is 42.9. The third-order valence-electron chi connectivity index (χ3n) is 6.09. The maximum absolute atomic E-state index is 14.0. The van der Waals surface area contributed by atoms with Gasteiger partial charge in [-0.1, -0.05) is 0 Å². The minimum Gasteiger partial charge on any atom is -0.338 e. The van der Waals surface area contributed by atoms with E-state index >= 15 is 0 Å². The highest BCUT2D eigenvalue weighted by atomic mass is 32.2. The number of hydrogen-bond acceptors (Lipinski definition) is 5. The van der Waals surface area contributed by atoms with Crippen LogP contribution in [0.4, 0.5) is 10.1 Å². The summed E-state index contributed by atoms with van der Waals surface area (Å²) in [4.78, 5) is 23.2. The number of carbonyl (C=O) groups is 1. The molecule has 0 aromatic carbocycles. The van der Waals surface area contributed by atoms with E-state index in [0.29, 0.717) is 61.4 Å². The molecule has 168 valence electrons. The van der Waals surface area contributed by atoms with E-state index in [1.165, 1.54) is 12.4 Å². The molecule has 4 heterocycles. The predicted molar refractivity (Wildman–Crippen MR) is 119 cm³/mol. The van der Waals surface area contributed by atoms with Crippen molar-refractivity contribution >= 4 is 32.7 Å². The summed E-state index contributed by atoms with van der Waals surface area (Å²) in [6, 6.07) is 5.32. The van der Waals surface area contributed by atoms with Crippen molar-refractivity contribution in [2.45, 2.75) is 43.5 Å². The number of sulfonamides is 1. The number of rotatable bonds is 5. The topological polar surface area (TPSA) is 97.2 Å². The first-order chi connectivity index (χ1) is 15.2. The fourth-order valence-electron chi connectivity index (χ4n) is 3.95. The van der Waals surface area contributed by atoms with Crippen LogP contribution in [0, 0.1) is 0 Å². The molecule has 1 saturated heterocycles. The van der Waals surface area contributed by atoms with Gasteiger partial charge in [-0.3, -0.25) is 19.1 Å². The summed E-state index contributed by atoms with van der Waals surface area (Å²) >= 11 is 0. The van der Waals surface area contributed by atoms with Gasteiger partial charge in [0.05, 0.1) is 34.6 Å². The lowest BCUT2D eigenvalue weighted by Crippen LogP contribution is -2.43. The smallest absolute Gasteiger partial charge is 0.255 e. The zero-order chi connectivity index (χ0) is 22.5. The number of aromatic nitrogens is 3. The first-order valence-electron chi connectivity index (χ1n) is 10.6. The van der Waals surface area contributed by atoms with Crippen molar-refractivity contribution < 1.29 is 17.6 Å². The molecule has 1 aliphatic carbocycles. The summed E-state index contributed by atoms with van der Waals surface area (Å²) in [5.41, 5.74) is 0.919. The number of fused-ring (bicyclic) bond motifs is 1. The average molecular weight is 458 g/mol. The molecule has 32 heavy (non-hydrogen) atoms. The largest absolute Gasteiger partial charge is 0.338 e. The predicted octanol–water partition coefficient (Wildman–Crippen LogP) is 3.29. The second-order valence-electron chi connectivity index (χ2n) is 8.81. The van der Waals surface area contributed by atoms with E-state index in [0.717, 1.165) is 5.39 Å². The molecule has 1 N–H and O–H groups in total. The minimum absolute atomic E-state index is 0.152. The van der Waals surface area contributed by atoms with Crippen LogP contribution >= 0.6 is 0 Å². The summed E-state index contributed by atoms with van der Waals surface area (Å²) in [6.45, 7) is 2.35. The Kier molecular flexibility index (Phi) is 4.92. The Hall–Kier alpha value is -3.01. The standard InChI is InChI=1S/C22H24FN5O3S/c1-22(23)5-8-27(9-6-22)21(29)16-10-15-4-7-28(20(15)25-12-16)18-11-17(13-24-14-18)26-32(30,31)19-2-3-19/h4,7,10-14,19,26H,2-3,5-6,8-9H2,1H3. The number of nitrogens with zero attached hydrogens (tertiary/aromatic N) is 4. The van der Waals surface area contributed by atoms with Crippen LogP contribution in [-0.4, -0.2) is 57.8 Å². The number of hydrogen-bond donors (Lipinski definition) is 1. The normalized spacial score (nSPS) is 18.6. The van der Waals surface area contributed by atoms with Crippen LogP contribution < -0.4 is 4.72 Å². The molecule has 0 unspecified atom stereocenters. The number of alkyl halides is 1. The van der Waals surface area contributed by atoms with Crippen LogP contribution in [0.25, 0.3) is 16.7 Å². The lowest BCUT2D eigenvalue weighted by molar-refractivity contribution is 0.0503. The number of nitrogens with one attached hydrogen (secondary N) is 1. The van der Waals surface area contributed by atoms with Crippen LogP contribution in [0.5, 0.6) is 0 Å². The van der Waals surface area contributed by atoms with Crippen molar-refractivity contribution in [1.82, 2.24) is 19.4 Å². The van der Waals surface area contributed by atoms with Crippen LogP contribution in [-0.2, 0) is 10.0 Å². The quantitative estimate of drug-likeness (QED) is 0.634. The molecule has 3 aromatic rings. The molecule has 2 aliphatic rings. The molecular weight excluding hydrogens is 433 g/mol. The molecule has 1 saturated carbocycles. The van der Waals surface area contributed by atoms with Gasteiger partial charge in [0, 0.05) is 30.9 Å². The van der Waals surface area contributed by atoms with Crippen LogP contribution in [0.2, 0.25) is 0 Å². The average Bonchev–Trinajstić information content (AvgIpc) is 3.54. The van der Waals surface area contributed by atoms with Crippen LogP contribution in [0.3, 0.4) is 0 Å². The maximum atomic E-state index is 14.0. The van der Waals surface area contributed by atoms with Gasteiger partial charge in [0.1, 0.15) is 11.3 Å². The van der Waals surface area contributed by atoms with Gasteiger partial charge in [-0.15, -0.1) is 0 Å². The third-order valence-corrected chi connectivity index (χ3v) is 7.96. The van der Waals surface area contributed by atoms with Crippen LogP contribution in [0.1, 0.15) is 43.0 Å². The molecule has 2 fully saturated rings. The molecule has 8 nitrogen and oxygen atoms in total. The van der Waals surface area contributed by atoms with E-state index in [2.05, 4.69) is 14.7 Å². The highest BCUT2D eigenvalue weighted by Gasteiger charge is 2.36. The van der Waals surface area contributed by atoms with E-state index in [1.54, 1.807) is 40.9 Å². The summed E-state index contributed by atoms with van der Waals surface area (Å²) in [6.07, 6.45) is 8.45. The van der Waals surface area contributed by atoms with Gasteiger partial charge < -0.3 is 4.90 Å². The van der Waals surface area contributed by atoms with Crippen LogP contribution in [0.15, 0.2) is 43.0 Å². The number of likely N-dealkylation sites (tertiary alicyclic amines) is 1. The highest BCUT2D eigenvalue weighted by molar-refractivity contribution is 7.93. The highest BCUT2D eigenvalue weighted by Crippen LogP contribution is 2.30. The van der Waals surface area contributed by atoms with Gasteiger partial charge >= 0.3 is 0 Å². The maximum Gasteiger partial charge on any atom is 0.255 e. The molecule has 1 aliphatic heterocycles. The van der Waals surface area contributed by atoms with E-state index in [9.17, 15) is 17.6 Å². The lowest BCUT2D eigenvalue weighted by atomic mass is 9.95. The number of halogens is 1. The summed E-state index contributed by atoms with van der Waals surface area (Å²) in [7, 11) is -3.38. The Morgan fingerprint density at radius 1 is 1.19 bits per heavy atom. The molecule has 0 radical (unpaired) electrons. The lowest BCUT2D eigenvalue weighted by Gasteiger charge is -2.34. The van der Waals surface area contributed by atoms with Gasteiger partial charge in [-0.05, 0) is 50.8 Å². The van der Waals surface area contributed by atoms with E-state index in [1.807, 2.05) is 6.07 Å². The molecule has 0 spiro atoms. The number of piperidine rings is 1. The first kappa shape index (κ1) is 20.9. The fourth-order valence-corrected chi connectivity index (χ4v) is 5.31. The Morgan fingerprint density at radius 3 is 2.66 bits per heavy atom. The molecule has 10 heteroatoms. The molecule has 1 amide bonds. The molecular formula is C22H24FN5O3S. The Balaban J connectivity index is 1.39. The fraction of sp³-hybridized carbons (Fsp3) is 0.409. The van der Waals surface area contributed by atoms with Crippen molar-refractivity contribution in [2.75, 3.05) is 17.8 Å². The number of carbonyl (C=O) groups excluding carboxylic acids is 1. The Labute approximate surface area is 185 Å². The second-order valence-corrected chi connectivity index (χ2v) is 10.8. The van der Waals surface area contributed by atoms with Gasteiger partial charge in [-0.2, -0.15) is 0 Å². The van der Waals surface area contributed by atoms with Gasteiger partial charge in [0.25, 0.3) is 5.91 Å². The zero-order valence-electron chi connectivity index (χ0n) is 17.7. The number of anilines is 1. The monoisotopic (exact) mass is 457 g/mol. The van der Waals surface area contributed by atoms with Gasteiger partial charge in [-0.25, -0.2) is 17.8 Å². The Morgan fingerprint density at radius 2 is 1.94 bits per heavy atom. The molecule has 0 bridgehead atoms. The molecule has 3 aromatic heterocycles. The zero-order valence-corrected chi connectivity index (χ0v) is 18.5. The summed E-state index contributed by atoms with van der Waals surface area (Å²) in [5.74, 6) is -0.152. The molecule has 5 rings (SSSR count). The Bertz CT molecular complexity index is 1290. The van der Waals surface area contributed by atoms with E-state index < -0.39 is 15.7 Å². The second kappa shape index (κ2) is 7.54. The summed E-state index contributed by atoms with van der Waals surface area (Å²) in [5, 5.41) is 0.446. The van der Waals surface area contributed by atoms with Gasteiger partial charge in [0.15, 0.2) is 0 Å². The van der Waals surface area contributed by atoms with Crippen molar-refractivity contribution in [2.24, 2.45) is 0 Å². The third kappa shape index (κ3) is 4.06.